The number of halogens is 2. The van der Waals surface area contributed by atoms with Gasteiger partial charge in [-0.05, 0) is 37.6 Å². The molecule has 1 N–H and O–H groups in total. The molecule has 1 heterocycles. The third-order valence-corrected chi connectivity index (χ3v) is 2.68. The van der Waals surface area contributed by atoms with E-state index in [0.29, 0.717) is 11.3 Å². The molecule has 0 saturated carbocycles. The van der Waals surface area contributed by atoms with Gasteiger partial charge < -0.3 is 9.84 Å². The van der Waals surface area contributed by atoms with E-state index in [1.807, 2.05) is 13.8 Å². The van der Waals surface area contributed by atoms with Crippen molar-refractivity contribution >= 4 is 0 Å². The maximum atomic E-state index is 13.2. The minimum Gasteiger partial charge on any atom is -0.489 e. The minimum absolute atomic E-state index is 0.0209. The molecule has 3 nitrogen and oxygen atoms in total. The van der Waals surface area contributed by atoms with Crippen molar-refractivity contribution in [1.82, 2.24) is 4.98 Å². The van der Waals surface area contributed by atoms with Gasteiger partial charge in [-0.2, -0.15) is 0 Å². The van der Waals surface area contributed by atoms with Crippen LogP contribution in [0, 0.1) is 11.6 Å². The summed E-state index contributed by atoms with van der Waals surface area (Å²) in [5, 5.41) is 10.2. The Morgan fingerprint density at radius 3 is 2.45 bits per heavy atom. The van der Waals surface area contributed by atoms with E-state index in [0.717, 1.165) is 12.1 Å². The second-order valence-corrected chi connectivity index (χ2v) is 4.70. The van der Waals surface area contributed by atoms with Crippen molar-refractivity contribution in [1.29, 1.82) is 0 Å². The minimum atomic E-state index is -1.09. The Hall–Kier alpha value is -2.01. The Morgan fingerprint density at radius 2 is 1.80 bits per heavy atom. The average molecular weight is 279 g/mol. The molecule has 0 spiro atoms. The van der Waals surface area contributed by atoms with Crippen LogP contribution in [0.15, 0.2) is 36.7 Å². The van der Waals surface area contributed by atoms with Crippen molar-refractivity contribution in [2.24, 2.45) is 0 Å². The molecule has 1 aromatic heterocycles. The van der Waals surface area contributed by atoms with Crippen molar-refractivity contribution in [3.05, 3.63) is 59.4 Å². The third-order valence-electron chi connectivity index (χ3n) is 2.68. The Morgan fingerprint density at radius 1 is 1.05 bits per heavy atom. The largest absolute Gasteiger partial charge is 0.489 e. The quantitative estimate of drug-likeness (QED) is 0.934. The molecule has 0 aliphatic heterocycles. The zero-order valence-electron chi connectivity index (χ0n) is 11.2. The van der Waals surface area contributed by atoms with Gasteiger partial charge in [-0.3, -0.25) is 4.98 Å². The van der Waals surface area contributed by atoms with E-state index in [-0.39, 0.29) is 11.7 Å². The summed E-state index contributed by atoms with van der Waals surface area (Å²) in [6, 6.07) is 4.91. The highest BCUT2D eigenvalue weighted by atomic mass is 19.2. The number of aliphatic hydroxyl groups is 1. The lowest BCUT2D eigenvalue weighted by molar-refractivity contribution is 0.215. The zero-order valence-corrected chi connectivity index (χ0v) is 11.2. The molecule has 0 amide bonds. The molecule has 1 aromatic carbocycles. The van der Waals surface area contributed by atoms with Crippen molar-refractivity contribution in [3.63, 3.8) is 0 Å². The first-order valence-electron chi connectivity index (χ1n) is 6.22. The maximum absolute atomic E-state index is 13.2. The number of benzene rings is 1. The standard InChI is InChI=1S/C15H15F2NO2/c1-9(2)20-12-5-11(7-18-8-12)15(19)10-3-4-13(16)14(17)6-10/h3-9,15,19H,1-2H3. The van der Waals surface area contributed by atoms with E-state index in [4.69, 9.17) is 4.74 Å². The second kappa shape index (κ2) is 5.96. The number of hydrogen-bond acceptors (Lipinski definition) is 3. The van der Waals surface area contributed by atoms with Crippen molar-refractivity contribution in [3.8, 4) is 5.75 Å². The van der Waals surface area contributed by atoms with Gasteiger partial charge in [-0.1, -0.05) is 6.07 Å². The van der Waals surface area contributed by atoms with E-state index in [1.165, 1.54) is 18.5 Å². The topological polar surface area (TPSA) is 42.4 Å². The number of aliphatic hydroxyl groups excluding tert-OH is 1. The number of nitrogens with zero attached hydrogens (tertiary/aromatic N) is 1. The zero-order chi connectivity index (χ0) is 14.7. The highest BCUT2D eigenvalue weighted by Gasteiger charge is 2.14. The number of ether oxygens (including phenoxy) is 1. The molecule has 0 aliphatic rings. The van der Waals surface area contributed by atoms with Gasteiger partial charge in [0.05, 0.1) is 12.3 Å². The summed E-state index contributed by atoms with van der Waals surface area (Å²) < 4.78 is 31.5. The Balaban J connectivity index is 2.28. The summed E-state index contributed by atoms with van der Waals surface area (Å²) >= 11 is 0. The lowest BCUT2D eigenvalue weighted by atomic mass is 10.0. The van der Waals surface area contributed by atoms with Crippen LogP contribution in [-0.4, -0.2) is 16.2 Å². The second-order valence-electron chi connectivity index (χ2n) is 4.70. The molecule has 2 rings (SSSR count). The van der Waals surface area contributed by atoms with Crippen LogP contribution in [0.3, 0.4) is 0 Å². The summed E-state index contributed by atoms with van der Waals surface area (Å²) in [7, 11) is 0. The van der Waals surface area contributed by atoms with Crippen LogP contribution in [-0.2, 0) is 0 Å². The molecule has 0 radical (unpaired) electrons. The van der Waals surface area contributed by atoms with Crippen LogP contribution in [0.4, 0.5) is 8.78 Å². The van der Waals surface area contributed by atoms with Crippen LogP contribution >= 0.6 is 0 Å². The van der Waals surface area contributed by atoms with Crippen LogP contribution < -0.4 is 4.74 Å². The van der Waals surface area contributed by atoms with Crippen LogP contribution in [0.2, 0.25) is 0 Å². The number of rotatable bonds is 4. The number of aromatic nitrogens is 1. The van der Waals surface area contributed by atoms with Crippen LogP contribution in [0.5, 0.6) is 5.75 Å². The van der Waals surface area contributed by atoms with E-state index in [1.54, 1.807) is 6.07 Å². The molecule has 5 heteroatoms. The molecule has 0 saturated heterocycles. The molecule has 106 valence electrons. The van der Waals surface area contributed by atoms with Crippen LogP contribution in [0.1, 0.15) is 31.1 Å². The van der Waals surface area contributed by atoms with Crippen molar-refractivity contribution < 1.29 is 18.6 Å². The summed E-state index contributed by atoms with van der Waals surface area (Å²) in [6.45, 7) is 3.75. The molecule has 0 bridgehead atoms. The Labute approximate surface area is 115 Å². The van der Waals surface area contributed by atoms with Crippen LogP contribution in [0.25, 0.3) is 0 Å². The lowest BCUT2D eigenvalue weighted by Gasteiger charge is -2.14. The highest BCUT2D eigenvalue weighted by Crippen LogP contribution is 2.25. The summed E-state index contributed by atoms with van der Waals surface area (Å²) in [5.74, 6) is -1.43. The molecule has 20 heavy (non-hydrogen) atoms. The predicted octanol–water partition coefficient (Wildman–Crippen LogP) is 3.23. The molecule has 2 aromatic rings. The lowest BCUT2D eigenvalue weighted by Crippen LogP contribution is -2.07. The van der Waals surface area contributed by atoms with E-state index in [2.05, 4.69) is 4.98 Å². The van der Waals surface area contributed by atoms with Gasteiger partial charge in [-0.25, -0.2) is 8.78 Å². The van der Waals surface area contributed by atoms with Gasteiger partial charge >= 0.3 is 0 Å². The Kier molecular flexibility index (Phi) is 4.29. The maximum Gasteiger partial charge on any atom is 0.159 e. The number of pyridine rings is 1. The third kappa shape index (κ3) is 3.30. The van der Waals surface area contributed by atoms with E-state index < -0.39 is 17.7 Å². The van der Waals surface area contributed by atoms with Gasteiger partial charge in [0.1, 0.15) is 11.9 Å². The van der Waals surface area contributed by atoms with Gasteiger partial charge in [0.2, 0.25) is 0 Å². The Bertz CT molecular complexity index is 602. The fraction of sp³-hybridized carbons (Fsp3) is 0.267. The summed E-state index contributed by atoms with van der Waals surface area (Å²) in [5.41, 5.74) is 0.710. The van der Waals surface area contributed by atoms with Crippen molar-refractivity contribution in [2.45, 2.75) is 26.1 Å². The van der Waals surface area contributed by atoms with Gasteiger partial charge in [-0.15, -0.1) is 0 Å². The van der Waals surface area contributed by atoms with Gasteiger partial charge in [0.25, 0.3) is 0 Å². The molecule has 0 aliphatic carbocycles. The molecule has 1 unspecified atom stereocenters. The molecule has 1 atom stereocenters. The molecular weight excluding hydrogens is 264 g/mol. The normalized spacial score (nSPS) is 12.5. The number of hydrogen-bond donors (Lipinski definition) is 1. The van der Waals surface area contributed by atoms with Gasteiger partial charge in [0, 0.05) is 11.8 Å². The van der Waals surface area contributed by atoms with Crippen molar-refractivity contribution in [2.75, 3.05) is 0 Å². The first-order chi connectivity index (χ1) is 9.47. The molecule has 0 fully saturated rings. The first-order valence-corrected chi connectivity index (χ1v) is 6.22. The van der Waals surface area contributed by atoms with E-state index >= 15 is 0 Å². The smallest absolute Gasteiger partial charge is 0.159 e. The van der Waals surface area contributed by atoms with E-state index in [9.17, 15) is 13.9 Å². The average Bonchev–Trinajstić information content (AvgIpc) is 2.40. The fourth-order valence-corrected chi connectivity index (χ4v) is 1.80. The first kappa shape index (κ1) is 14.4. The monoisotopic (exact) mass is 279 g/mol. The molecular formula is C15H15F2NO2. The summed E-state index contributed by atoms with van der Waals surface area (Å²) in [4.78, 5) is 3.97. The highest BCUT2D eigenvalue weighted by molar-refractivity contribution is 5.32. The predicted molar refractivity (Wildman–Crippen MR) is 70.4 cm³/mol. The summed E-state index contributed by atoms with van der Waals surface area (Å²) in [6.07, 6.45) is 1.88. The SMILES string of the molecule is CC(C)Oc1cncc(C(O)c2ccc(F)c(F)c2)c1. The fourth-order valence-electron chi connectivity index (χ4n) is 1.80. The van der Waals surface area contributed by atoms with Gasteiger partial charge in [0.15, 0.2) is 11.6 Å².